The van der Waals surface area contributed by atoms with Crippen molar-refractivity contribution in [3.8, 4) is 17.2 Å². The Morgan fingerprint density at radius 1 is 0.838 bits per heavy atom. The Labute approximate surface area is 214 Å². The summed E-state index contributed by atoms with van der Waals surface area (Å²) < 4.78 is 38.3. The van der Waals surface area contributed by atoms with Gasteiger partial charge in [0.05, 0.1) is 19.1 Å². The van der Waals surface area contributed by atoms with Crippen LogP contribution in [0.5, 0.6) is 17.2 Å². The van der Waals surface area contributed by atoms with Crippen molar-refractivity contribution in [1.82, 2.24) is 9.21 Å². The monoisotopic (exact) mass is 532 g/mol. The second kappa shape index (κ2) is 11.9. The molecule has 0 radical (unpaired) electrons. The smallest absolute Gasteiger partial charge is 0.414 e. The number of phenolic OH excluding ortho intramolecular Hbond substituents is 1. The maximum absolute atomic E-state index is 13.1. The lowest BCUT2D eigenvalue weighted by Crippen LogP contribution is -2.48. The Balaban J connectivity index is 0.000000568. The first-order valence-corrected chi connectivity index (χ1v) is 12.6. The van der Waals surface area contributed by atoms with E-state index in [0.29, 0.717) is 49.1 Å². The largest absolute Gasteiger partial charge is 0.502 e. The summed E-state index contributed by atoms with van der Waals surface area (Å²) in [4.78, 5) is 20.7. The molecule has 0 atom stereocenters. The van der Waals surface area contributed by atoms with Crippen molar-refractivity contribution in [2.24, 2.45) is 0 Å². The zero-order valence-electron chi connectivity index (χ0n) is 20.3. The molecule has 1 saturated heterocycles. The highest BCUT2D eigenvalue weighted by molar-refractivity contribution is 7.89. The fourth-order valence-electron chi connectivity index (χ4n) is 3.90. The van der Waals surface area contributed by atoms with Crippen LogP contribution < -0.4 is 9.47 Å². The number of methoxy groups -OCH3 is 2. The van der Waals surface area contributed by atoms with Crippen molar-refractivity contribution in [3.05, 3.63) is 60.2 Å². The molecule has 0 aliphatic carbocycles. The molecule has 0 bridgehead atoms. The van der Waals surface area contributed by atoms with Gasteiger partial charge < -0.3 is 24.8 Å². The molecule has 4 rings (SSSR count). The molecule has 1 aliphatic heterocycles. The van der Waals surface area contributed by atoms with Gasteiger partial charge in [0.25, 0.3) is 0 Å². The Bertz CT molecular complexity index is 1350. The SMILES string of the molecule is COc1cc(CN2CCN(S(=O)(=O)c3ccc4ccccc4c3)CC2)cc(OC)c1O.O=C(O)C(=O)O. The van der Waals surface area contributed by atoms with Gasteiger partial charge in [0, 0.05) is 32.7 Å². The van der Waals surface area contributed by atoms with Crippen LogP contribution in [0, 0.1) is 0 Å². The normalized spacial score (nSPS) is 14.4. The third-order valence-electron chi connectivity index (χ3n) is 5.82. The highest BCUT2D eigenvalue weighted by Gasteiger charge is 2.29. The molecule has 0 saturated carbocycles. The molecule has 3 N–H and O–H groups in total. The lowest BCUT2D eigenvalue weighted by Gasteiger charge is -2.34. The number of nitrogens with zero attached hydrogens (tertiary/aromatic N) is 2. The maximum Gasteiger partial charge on any atom is 0.414 e. The lowest BCUT2D eigenvalue weighted by atomic mass is 10.1. The van der Waals surface area contributed by atoms with Gasteiger partial charge in [-0.2, -0.15) is 4.31 Å². The van der Waals surface area contributed by atoms with Crippen LogP contribution in [0.3, 0.4) is 0 Å². The van der Waals surface area contributed by atoms with Crippen LogP contribution in [0.15, 0.2) is 59.5 Å². The standard InChI is InChI=1S/C23H26N2O5S.C2H2O4/c1-29-21-13-17(14-22(30-2)23(21)26)16-24-9-11-25(12-10-24)31(27,28)20-8-7-18-5-3-4-6-19(18)15-20;3-1(4)2(5)6/h3-8,13-15,26H,9-12,16H2,1-2H3;(H,3,4)(H,5,6). The van der Waals surface area contributed by atoms with E-state index in [1.54, 1.807) is 28.6 Å². The molecule has 11 nitrogen and oxygen atoms in total. The summed E-state index contributed by atoms with van der Waals surface area (Å²) in [7, 11) is -0.554. The van der Waals surface area contributed by atoms with Crippen molar-refractivity contribution < 1.29 is 42.8 Å². The summed E-state index contributed by atoms with van der Waals surface area (Å²) >= 11 is 0. The van der Waals surface area contributed by atoms with E-state index < -0.39 is 22.0 Å². The van der Waals surface area contributed by atoms with E-state index in [1.807, 2.05) is 30.3 Å². The number of aliphatic carboxylic acids is 2. The van der Waals surface area contributed by atoms with Crippen LogP contribution in [0.25, 0.3) is 10.8 Å². The zero-order chi connectivity index (χ0) is 27.2. The molecule has 12 heteroatoms. The number of hydrogen-bond acceptors (Lipinski definition) is 8. The number of aromatic hydroxyl groups is 1. The van der Waals surface area contributed by atoms with Crippen molar-refractivity contribution in [1.29, 1.82) is 0 Å². The lowest BCUT2D eigenvalue weighted by molar-refractivity contribution is -0.159. The maximum atomic E-state index is 13.1. The number of phenols is 1. The minimum absolute atomic E-state index is 0.0277. The van der Waals surface area contributed by atoms with Crippen LogP contribution in [0.4, 0.5) is 0 Å². The average molecular weight is 533 g/mol. The number of sulfonamides is 1. The highest BCUT2D eigenvalue weighted by Crippen LogP contribution is 2.37. The molecule has 0 spiro atoms. The van der Waals surface area contributed by atoms with Gasteiger partial charge in [-0.1, -0.05) is 30.3 Å². The molecule has 37 heavy (non-hydrogen) atoms. The van der Waals surface area contributed by atoms with E-state index in [2.05, 4.69) is 4.90 Å². The predicted octanol–water partition coefficient (Wildman–Crippen LogP) is 2.22. The van der Waals surface area contributed by atoms with E-state index in [4.69, 9.17) is 29.3 Å². The fraction of sp³-hybridized carbons (Fsp3) is 0.280. The molecule has 1 aliphatic rings. The van der Waals surface area contributed by atoms with E-state index in [1.165, 1.54) is 14.2 Å². The molecule has 0 unspecified atom stereocenters. The molecule has 198 valence electrons. The minimum Gasteiger partial charge on any atom is -0.502 e. The van der Waals surface area contributed by atoms with Crippen molar-refractivity contribution in [2.45, 2.75) is 11.4 Å². The number of rotatable bonds is 6. The molecule has 0 aromatic heterocycles. The molecule has 3 aromatic rings. The molecular weight excluding hydrogens is 504 g/mol. The van der Waals surface area contributed by atoms with Crippen LogP contribution in [0.2, 0.25) is 0 Å². The molecular formula is C25H28N2O9S. The summed E-state index contributed by atoms with van der Waals surface area (Å²) in [5, 5.41) is 26.8. The van der Waals surface area contributed by atoms with Crippen molar-refractivity contribution in [3.63, 3.8) is 0 Å². The Morgan fingerprint density at radius 3 is 1.89 bits per heavy atom. The van der Waals surface area contributed by atoms with Gasteiger partial charge in [-0.25, -0.2) is 18.0 Å². The number of hydrogen-bond donors (Lipinski definition) is 3. The summed E-state index contributed by atoms with van der Waals surface area (Å²) in [6.07, 6.45) is 0. The molecule has 1 heterocycles. The van der Waals surface area contributed by atoms with Gasteiger partial charge in [0.15, 0.2) is 11.5 Å². The van der Waals surface area contributed by atoms with Crippen molar-refractivity contribution in [2.75, 3.05) is 40.4 Å². The highest BCUT2D eigenvalue weighted by atomic mass is 32.2. The number of benzene rings is 3. The van der Waals surface area contributed by atoms with E-state index in [9.17, 15) is 13.5 Å². The third-order valence-corrected chi connectivity index (χ3v) is 7.71. The quantitative estimate of drug-likeness (QED) is 0.403. The first kappa shape index (κ1) is 27.7. The van der Waals surface area contributed by atoms with Gasteiger partial charge in [0.2, 0.25) is 15.8 Å². The van der Waals surface area contributed by atoms with Crippen LogP contribution in [0.1, 0.15) is 5.56 Å². The zero-order valence-corrected chi connectivity index (χ0v) is 21.1. The molecule has 3 aromatic carbocycles. The second-order valence-corrected chi connectivity index (χ2v) is 10.1. The summed E-state index contributed by atoms with van der Waals surface area (Å²) in [6.45, 7) is 2.66. The predicted molar refractivity (Wildman–Crippen MR) is 134 cm³/mol. The first-order chi connectivity index (χ1) is 17.6. The Hall–Kier alpha value is -3.87. The van der Waals surface area contributed by atoms with Gasteiger partial charge in [-0.15, -0.1) is 0 Å². The van der Waals surface area contributed by atoms with E-state index in [0.717, 1.165) is 16.3 Å². The number of fused-ring (bicyclic) bond motifs is 1. The van der Waals surface area contributed by atoms with Gasteiger partial charge in [-0.3, -0.25) is 4.90 Å². The topological polar surface area (TPSA) is 154 Å². The average Bonchev–Trinajstić information content (AvgIpc) is 2.89. The summed E-state index contributed by atoms with van der Waals surface area (Å²) in [5.74, 6) is -2.97. The number of piperazine rings is 1. The van der Waals surface area contributed by atoms with Gasteiger partial charge in [-0.05, 0) is 40.6 Å². The minimum atomic E-state index is -3.54. The Morgan fingerprint density at radius 2 is 1.38 bits per heavy atom. The van der Waals surface area contributed by atoms with Gasteiger partial charge >= 0.3 is 11.9 Å². The number of carboxylic acids is 2. The molecule has 0 amide bonds. The van der Waals surface area contributed by atoms with Crippen LogP contribution in [-0.4, -0.2) is 85.3 Å². The summed E-state index contributed by atoms with van der Waals surface area (Å²) in [6, 6.07) is 16.6. The summed E-state index contributed by atoms with van der Waals surface area (Å²) in [5.41, 5.74) is 0.928. The van der Waals surface area contributed by atoms with E-state index >= 15 is 0 Å². The van der Waals surface area contributed by atoms with E-state index in [-0.39, 0.29) is 5.75 Å². The first-order valence-electron chi connectivity index (χ1n) is 11.2. The number of carbonyl (C=O) groups is 2. The van der Waals surface area contributed by atoms with Crippen LogP contribution >= 0.6 is 0 Å². The third kappa shape index (κ3) is 6.67. The fourth-order valence-corrected chi connectivity index (χ4v) is 5.36. The van der Waals surface area contributed by atoms with Gasteiger partial charge in [0.1, 0.15) is 0 Å². The number of carboxylic acid groups (broad SMARTS) is 2. The Kier molecular flexibility index (Phi) is 8.92. The number of ether oxygens (including phenoxy) is 2. The van der Waals surface area contributed by atoms with Crippen molar-refractivity contribution >= 4 is 32.7 Å². The second-order valence-electron chi connectivity index (χ2n) is 8.15. The molecule has 1 fully saturated rings. The van der Waals surface area contributed by atoms with Crippen LogP contribution in [-0.2, 0) is 26.2 Å².